The molecule has 0 aliphatic rings. The van der Waals surface area contributed by atoms with E-state index in [1.165, 1.54) is 0 Å². The molecule has 0 aromatic carbocycles. The molecule has 0 fully saturated rings. The summed E-state index contributed by atoms with van der Waals surface area (Å²) >= 11 is 0. The van der Waals surface area contributed by atoms with E-state index in [1.807, 2.05) is 13.0 Å². The minimum Gasteiger partial charge on any atom is -0.370 e. The first-order chi connectivity index (χ1) is 8.85. The molecule has 1 aromatic heterocycles. The van der Waals surface area contributed by atoms with Gasteiger partial charge in [0.1, 0.15) is 6.61 Å². The lowest BCUT2D eigenvalue weighted by Gasteiger charge is -2.16. The maximum absolute atomic E-state index is 12.0. The van der Waals surface area contributed by atoms with E-state index in [-0.39, 0.29) is 12.6 Å². The second-order valence-electron chi connectivity index (χ2n) is 4.30. The first-order valence-electron chi connectivity index (χ1n) is 5.98. The van der Waals surface area contributed by atoms with E-state index >= 15 is 0 Å². The van der Waals surface area contributed by atoms with Gasteiger partial charge in [0.2, 0.25) is 0 Å². The molecule has 1 rings (SSSR count). The first kappa shape index (κ1) is 15.9. The molecule has 1 atom stereocenters. The Kier molecular flexibility index (Phi) is 5.77. The Morgan fingerprint density at radius 2 is 2.21 bits per heavy atom. The lowest BCUT2D eigenvalue weighted by atomic mass is 10.1. The average molecular weight is 280 g/mol. The molecular formula is C11H19F3N4O. The second-order valence-corrected chi connectivity index (χ2v) is 4.30. The van der Waals surface area contributed by atoms with Crippen molar-refractivity contribution in [2.24, 2.45) is 12.9 Å². The fourth-order valence-corrected chi connectivity index (χ4v) is 1.67. The van der Waals surface area contributed by atoms with Gasteiger partial charge >= 0.3 is 6.18 Å². The SMILES string of the molecule is CCc1cc(CC(COCC(F)(F)F)NN)n(C)n1. The number of ether oxygens (including phenoxy) is 1. The molecule has 3 N–H and O–H groups in total. The van der Waals surface area contributed by atoms with Crippen LogP contribution >= 0.6 is 0 Å². The van der Waals surface area contributed by atoms with E-state index in [0.29, 0.717) is 6.42 Å². The molecule has 0 radical (unpaired) electrons. The topological polar surface area (TPSA) is 65.1 Å². The molecule has 19 heavy (non-hydrogen) atoms. The van der Waals surface area contributed by atoms with Crippen molar-refractivity contribution in [2.45, 2.75) is 32.0 Å². The molecule has 110 valence electrons. The normalized spacial score (nSPS) is 13.8. The summed E-state index contributed by atoms with van der Waals surface area (Å²) in [6.07, 6.45) is -3.06. The summed E-state index contributed by atoms with van der Waals surface area (Å²) in [5.74, 6) is 5.32. The molecule has 0 bridgehead atoms. The third-order valence-corrected chi connectivity index (χ3v) is 2.67. The molecule has 5 nitrogen and oxygen atoms in total. The van der Waals surface area contributed by atoms with Gasteiger partial charge in [-0.2, -0.15) is 18.3 Å². The van der Waals surface area contributed by atoms with Crippen LogP contribution in [0.25, 0.3) is 0 Å². The van der Waals surface area contributed by atoms with Gasteiger partial charge in [0.05, 0.1) is 12.3 Å². The highest BCUT2D eigenvalue weighted by Crippen LogP contribution is 2.15. The maximum atomic E-state index is 12.0. The van der Waals surface area contributed by atoms with Crippen molar-refractivity contribution in [1.82, 2.24) is 15.2 Å². The van der Waals surface area contributed by atoms with E-state index in [4.69, 9.17) is 5.84 Å². The van der Waals surface area contributed by atoms with E-state index in [9.17, 15) is 13.2 Å². The van der Waals surface area contributed by atoms with Gasteiger partial charge in [-0.25, -0.2) is 0 Å². The summed E-state index contributed by atoms with van der Waals surface area (Å²) in [6, 6.07) is 1.52. The Bertz CT molecular complexity index is 392. The number of hydrogen-bond donors (Lipinski definition) is 2. The highest BCUT2D eigenvalue weighted by Gasteiger charge is 2.28. The van der Waals surface area contributed by atoms with Crippen molar-refractivity contribution in [3.05, 3.63) is 17.5 Å². The summed E-state index contributed by atoms with van der Waals surface area (Å²) in [7, 11) is 1.79. The summed E-state index contributed by atoms with van der Waals surface area (Å²) in [6.45, 7) is 0.608. The lowest BCUT2D eigenvalue weighted by Crippen LogP contribution is -2.41. The molecule has 1 unspecified atom stereocenters. The predicted molar refractivity (Wildman–Crippen MR) is 64.3 cm³/mol. The van der Waals surface area contributed by atoms with Crippen LogP contribution in [0.2, 0.25) is 0 Å². The molecule has 0 saturated heterocycles. The Morgan fingerprint density at radius 1 is 1.53 bits per heavy atom. The van der Waals surface area contributed by atoms with Crippen molar-refractivity contribution >= 4 is 0 Å². The van der Waals surface area contributed by atoms with Crippen molar-refractivity contribution < 1.29 is 17.9 Å². The van der Waals surface area contributed by atoms with Crippen LogP contribution in [0.5, 0.6) is 0 Å². The van der Waals surface area contributed by atoms with E-state index in [0.717, 1.165) is 17.8 Å². The third-order valence-electron chi connectivity index (χ3n) is 2.67. The van der Waals surface area contributed by atoms with Gasteiger partial charge in [-0.15, -0.1) is 0 Å². The Labute approximate surface area is 109 Å². The lowest BCUT2D eigenvalue weighted by molar-refractivity contribution is -0.175. The zero-order valence-electron chi connectivity index (χ0n) is 11.0. The molecule has 1 heterocycles. The summed E-state index contributed by atoms with van der Waals surface area (Å²) < 4.78 is 42.2. The fraction of sp³-hybridized carbons (Fsp3) is 0.727. The van der Waals surface area contributed by atoms with Crippen LogP contribution in [0.3, 0.4) is 0 Å². The van der Waals surface area contributed by atoms with E-state index in [1.54, 1.807) is 11.7 Å². The number of halogens is 3. The summed E-state index contributed by atoms with van der Waals surface area (Å²) in [4.78, 5) is 0. The summed E-state index contributed by atoms with van der Waals surface area (Å²) in [5.41, 5.74) is 4.29. The largest absolute Gasteiger partial charge is 0.411 e. The molecule has 0 saturated carbocycles. The number of hydrazine groups is 1. The van der Waals surface area contributed by atoms with Gasteiger partial charge in [-0.05, 0) is 12.5 Å². The predicted octanol–water partition coefficient (Wildman–Crippen LogP) is 0.936. The molecule has 0 aliphatic heterocycles. The van der Waals surface area contributed by atoms with Crippen molar-refractivity contribution in [3.8, 4) is 0 Å². The van der Waals surface area contributed by atoms with Crippen LogP contribution in [-0.4, -0.2) is 35.2 Å². The van der Waals surface area contributed by atoms with Crippen LogP contribution in [0.4, 0.5) is 13.2 Å². The molecule has 0 aliphatic carbocycles. The number of alkyl halides is 3. The number of aryl methyl sites for hydroxylation is 2. The van der Waals surface area contributed by atoms with Gasteiger partial charge < -0.3 is 4.74 Å². The Balaban J connectivity index is 2.49. The number of hydrogen-bond acceptors (Lipinski definition) is 4. The van der Waals surface area contributed by atoms with E-state index in [2.05, 4.69) is 15.3 Å². The highest BCUT2D eigenvalue weighted by atomic mass is 19.4. The van der Waals surface area contributed by atoms with Crippen LogP contribution in [0, 0.1) is 0 Å². The molecule has 1 aromatic rings. The average Bonchev–Trinajstić information content (AvgIpc) is 2.67. The maximum Gasteiger partial charge on any atom is 0.411 e. The number of nitrogens with one attached hydrogen (secondary N) is 1. The molecule has 0 spiro atoms. The quantitative estimate of drug-likeness (QED) is 0.576. The number of nitrogens with zero attached hydrogens (tertiary/aromatic N) is 2. The van der Waals surface area contributed by atoms with Crippen molar-refractivity contribution in [1.29, 1.82) is 0 Å². The van der Waals surface area contributed by atoms with Gasteiger partial charge in [-0.1, -0.05) is 6.92 Å². The Morgan fingerprint density at radius 3 is 2.68 bits per heavy atom. The van der Waals surface area contributed by atoms with E-state index < -0.39 is 12.8 Å². The summed E-state index contributed by atoms with van der Waals surface area (Å²) in [5, 5.41) is 4.26. The highest BCUT2D eigenvalue weighted by molar-refractivity contribution is 5.11. The Hall–Kier alpha value is -1.12. The number of rotatable bonds is 7. The zero-order valence-corrected chi connectivity index (χ0v) is 11.0. The van der Waals surface area contributed by atoms with Crippen molar-refractivity contribution in [2.75, 3.05) is 13.2 Å². The fourth-order valence-electron chi connectivity index (χ4n) is 1.67. The molecule has 8 heteroatoms. The van der Waals surface area contributed by atoms with Crippen molar-refractivity contribution in [3.63, 3.8) is 0 Å². The van der Waals surface area contributed by atoms with Crippen LogP contribution in [-0.2, 0) is 24.6 Å². The van der Waals surface area contributed by atoms with Crippen LogP contribution < -0.4 is 11.3 Å². The van der Waals surface area contributed by atoms with Crippen LogP contribution in [0.15, 0.2) is 6.07 Å². The minimum absolute atomic E-state index is 0.108. The van der Waals surface area contributed by atoms with Gasteiger partial charge in [0, 0.05) is 25.2 Å². The monoisotopic (exact) mass is 280 g/mol. The third kappa shape index (κ3) is 5.58. The smallest absolute Gasteiger partial charge is 0.370 e. The minimum atomic E-state index is -4.32. The standard InChI is InChI=1S/C11H19F3N4O/c1-3-8-4-10(18(2)17-8)5-9(16-15)6-19-7-11(12,13)14/h4,9,16H,3,5-7,15H2,1-2H3. The van der Waals surface area contributed by atoms with Gasteiger partial charge in [0.15, 0.2) is 0 Å². The second kappa shape index (κ2) is 6.88. The molecule has 0 amide bonds. The first-order valence-corrected chi connectivity index (χ1v) is 5.98. The molecular weight excluding hydrogens is 261 g/mol. The zero-order chi connectivity index (χ0) is 14.5. The number of aromatic nitrogens is 2. The van der Waals surface area contributed by atoms with Gasteiger partial charge in [-0.3, -0.25) is 16.0 Å². The van der Waals surface area contributed by atoms with Gasteiger partial charge in [0.25, 0.3) is 0 Å². The number of nitrogens with two attached hydrogens (primary N) is 1. The van der Waals surface area contributed by atoms with Crippen LogP contribution in [0.1, 0.15) is 18.3 Å².